The average molecular weight is 189 g/mol. The van der Waals surface area contributed by atoms with Crippen molar-refractivity contribution in [2.24, 2.45) is 5.73 Å². The zero-order valence-electron chi connectivity index (χ0n) is 6.60. The first-order chi connectivity index (χ1) is 5.47. The maximum atomic E-state index is 12.8. The Morgan fingerprint density at radius 1 is 1.58 bits per heavy atom. The van der Waals surface area contributed by atoms with E-state index in [1.807, 2.05) is 13.0 Å². The minimum Gasteiger partial charge on any atom is -0.316 e. The van der Waals surface area contributed by atoms with Gasteiger partial charge >= 0.3 is 0 Å². The van der Waals surface area contributed by atoms with Gasteiger partial charge in [-0.2, -0.15) is 0 Å². The topological polar surface area (TPSA) is 26.0 Å². The molecule has 1 aromatic heterocycles. The van der Waals surface area contributed by atoms with Crippen molar-refractivity contribution in [2.45, 2.75) is 24.8 Å². The highest BCUT2D eigenvalue weighted by molar-refractivity contribution is 7.10. The molecule has 1 saturated carbocycles. The smallest absolute Gasteiger partial charge is 0.273 e. The summed E-state index contributed by atoms with van der Waals surface area (Å²) in [5.74, 6) is -2.69. The van der Waals surface area contributed by atoms with E-state index in [4.69, 9.17) is 5.73 Å². The van der Waals surface area contributed by atoms with Gasteiger partial charge in [0, 0.05) is 11.3 Å². The minimum absolute atomic E-state index is 0.207. The molecule has 0 spiro atoms. The molecule has 0 aromatic carbocycles. The predicted molar refractivity (Wildman–Crippen MR) is 44.5 cm³/mol. The molecular formula is C8H9F2NS. The Balaban J connectivity index is 2.40. The molecule has 2 N–H and O–H groups in total. The SMILES string of the molecule is Cc1ccsc1C1(N)CC1(F)F. The Labute approximate surface area is 73.2 Å². The summed E-state index contributed by atoms with van der Waals surface area (Å²) in [7, 11) is 0. The van der Waals surface area contributed by atoms with Gasteiger partial charge in [-0.1, -0.05) is 0 Å². The first-order valence-electron chi connectivity index (χ1n) is 3.69. The van der Waals surface area contributed by atoms with E-state index in [-0.39, 0.29) is 6.42 Å². The lowest BCUT2D eigenvalue weighted by atomic mass is 10.1. The molecule has 1 nitrogen and oxygen atoms in total. The Kier molecular flexibility index (Phi) is 1.40. The van der Waals surface area contributed by atoms with Crippen molar-refractivity contribution >= 4 is 11.3 Å². The fraction of sp³-hybridized carbons (Fsp3) is 0.500. The number of halogens is 2. The zero-order chi connectivity index (χ0) is 8.98. The summed E-state index contributed by atoms with van der Waals surface area (Å²) in [5.41, 5.74) is 5.07. The molecule has 66 valence electrons. The number of rotatable bonds is 1. The average Bonchev–Trinajstić information content (AvgIpc) is 2.36. The van der Waals surface area contributed by atoms with Gasteiger partial charge in [0.25, 0.3) is 5.92 Å². The van der Waals surface area contributed by atoms with Crippen molar-refractivity contribution in [1.29, 1.82) is 0 Å². The molecule has 1 fully saturated rings. The molecule has 1 heterocycles. The second kappa shape index (κ2) is 2.06. The monoisotopic (exact) mass is 189 g/mol. The summed E-state index contributed by atoms with van der Waals surface area (Å²) in [6.07, 6.45) is -0.207. The number of aryl methyl sites for hydroxylation is 1. The van der Waals surface area contributed by atoms with E-state index in [0.29, 0.717) is 4.88 Å². The molecule has 0 amide bonds. The van der Waals surface area contributed by atoms with Crippen molar-refractivity contribution in [3.8, 4) is 0 Å². The van der Waals surface area contributed by atoms with Gasteiger partial charge in [-0.3, -0.25) is 0 Å². The third-order valence-electron chi connectivity index (χ3n) is 2.30. The number of thiophene rings is 1. The van der Waals surface area contributed by atoms with Crippen molar-refractivity contribution in [3.05, 3.63) is 21.9 Å². The van der Waals surface area contributed by atoms with E-state index in [1.54, 1.807) is 5.38 Å². The van der Waals surface area contributed by atoms with Gasteiger partial charge in [0.1, 0.15) is 5.54 Å². The quantitative estimate of drug-likeness (QED) is 0.720. The Morgan fingerprint density at radius 3 is 2.50 bits per heavy atom. The summed E-state index contributed by atoms with van der Waals surface area (Å²) in [4.78, 5) is 0.632. The third-order valence-corrected chi connectivity index (χ3v) is 3.49. The molecule has 0 radical (unpaired) electrons. The number of nitrogens with two attached hydrogens (primary N) is 1. The fourth-order valence-electron chi connectivity index (χ4n) is 1.38. The molecular weight excluding hydrogens is 180 g/mol. The summed E-state index contributed by atoms with van der Waals surface area (Å²) >= 11 is 1.32. The third kappa shape index (κ3) is 0.850. The minimum atomic E-state index is -2.69. The molecule has 1 aliphatic rings. The molecule has 0 bridgehead atoms. The molecule has 1 aliphatic carbocycles. The first kappa shape index (κ1) is 8.13. The van der Waals surface area contributed by atoms with E-state index in [1.165, 1.54) is 11.3 Å². The van der Waals surface area contributed by atoms with Crippen LogP contribution >= 0.6 is 11.3 Å². The summed E-state index contributed by atoms with van der Waals surface area (Å²) in [6, 6.07) is 1.82. The Morgan fingerprint density at radius 2 is 2.17 bits per heavy atom. The van der Waals surface area contributed by atoms with Crippen molar-refractivity contribution in [3.63, 3.8) is 0 Å². The van der Waals surface area contributed by atoms with Crippen molar-refractivity contribution < 1.29 is 8.78 Å². The zero-order valence-corrected chi connectivity index (χ0v) is 7.42. The van der Waals surface area contributed by atoms with Crippen LogP contribution in [0.2, 0.25) is 0 Å². The molecule has 1 unspecified atom stereocenters. The molecule has 2 rings (SSSR count). The van der Waals surface area contributed by atoms with Crippen LogP contribution in [0, 0.1) is 6.92 Å². The van der Waals surface area contributed by atoms with Crippen LogP contribution in [0.1, 0.15) is 16.9 Å². The lowest BCUT2D eigenvalue weighted by Gasteiger charge is -2.08. The number of hydrogen-bond donors (Lipinski definition) is 1. The van der Waals surface area contributed by atoms with Gasteiger partial charge < -0.3 is 5.73 Å². The van der Waals surface area contributed by atoms with Crippen molar-refractivity contribution in [2.75, 3.05) is 0 Å². The van der Waals surface area contributed by atoms with E-state index in [0.717, 1.165) is 5.56 Å². The normalized spacial score (nSPS) is 32.0. The van der Waals surface area contributed by atoms with E-state index in [2.05, 4.69) is 0 Å². The van der Waals surface area contributed by atoms with E-state index >= 15 is 0 Å². The van der Waals surface area contributed by atoms with Gasteiger partial charge in [0.15, 0.2) is 0 Å². The van der Waals surface area contributed by atoms with Crippen LogP contribution in [-0.4, -0.2) is 5.92 Å². The van der Waals surface area contributed by atoms with Gasteiger partial charge in [0.05, 0.1) is 0 Å². The summed E-state index contributed by atoms with van der Waals surface area (Å²) in [5, 5.41) is 1.80. The second-order valence-electron chi connectivity index (χ2n) is 3.29. The van der Waals surface area contributed by atoms with Crippen molar-refractivity contribution in [1.82, 2.24) is 0 Å². The lowest BCUT2D eigenvalue weighted by Crippen LogP contribution is -2.26. The van der Waals surface area contributed by atoms with Crippen LogP contribution in [0.15, 0.2) is 11.4 Å². The lowest BCUT2D eigenvalue weighted by molar-refractivity contribution is 0.0898. The largest absolute Gasteiger partial charge is 0.316 e. The van der Waals surface area contributed by atoms with Crippen LogP contribution in [0.5, 0.6) is 0 Å². The van der Waals surface area contributed by atoms with Gasteiger partial charge in [-0.15, -0.1) is 11.3 Å². The molecule has 0 aliphatic heterocycles. The number of alkyl halides is 2. The van der Waals surface area contributed by atoms with Crippen LogP contribution < -0.4 is 5.73 Å². The van der Waals surface area contributed by atoms with Crippen LogP contribution in [0.3, 0.4) is 0 Å². The van der Waals surface area contributed by atoms with Crippen LogP contribution in [-0.2, 0) is 5.54 Å². The molecule has 0 saturated heterocycles. The molecule has 4 heteroatoms. The van der Waals surface area contributed by atoms with Crippen LogP contribution in [0.25, 0.3) is 0 Å². The summed E-state index contributed by atoms with van der Waals surface area (Å²) in [6.45, 7) is 1.81. The second-order valence-corrected chi connectivity index (χ2v) is 4.20. The maximum absolute atomic E-state index is 12.8. The highest BCUT2D eigenvalue weighted by atomic mass is 32.1. The molecule has 12 heavy (non-hydrogen) atoms. The highest BCUT2D eigenvalue weighted by Crippen LogP contribution is 2.59. The van der Waals surface area contributed by atoms with Gasteiger partial charge in [0.2, 0.25) is 0 Å². The Hall–Kier alpha value is -0.480. The Bertz CT molecular complexity index is 321. The first-order valence-corrected chi connectivity index (χ1v) is 4.57. The highest BCUT2D eigenvalue weighted by Gasteiger charge is 2.70. The summed E-state index contributed by atoms with van der Waals surface area (Å²) < 4.78 is 25.6. The standard InChI is InChI=1S/C8H9F2NS/c1-5-2-3-12-6(5)7(11)4-8(7,9)10/h2-3H,4,11H2,1H3. The van der Waals surface area contributed by atoms with Gasteiger partial charge in [-0.25, -0.2) is 8.78 Å². The van der Waals surface area contributed by atoms with Crippen LogP contribution in [0.4, 0.5) is 8.78 Å². The van der Waals surface area contributed by atoms with E-state index < -0.39 is 11.5 Å². The maximum Gasteiger partial charge on any atom is 0.273 e. The molecule has 1 aromatic rings. The molecule has 1 atom stereocenters. The predicted octanol–water partition coefficient (Wildman–Crippen LogP) is 2.25. The number of hydrogen-bond acceptors (Lipinski definition) is 2. The van der Waals surface area contributed by atoms with Gasteiger partial charge in [-0.05, 0) is 23.9 Å². The van der Waals surface area contributed by atoms with E-state index in [9.17, 15) is 8.78 Å². The fourth-order valence-corrected chi connectivity index (χ4v) is 2.48.